The van der Waals surface area contributed by atoms with Crippen LogP contribution in [-0.2, 0) is 17.8 Å². The second-order valence-corrected chi connectivity index (χ2v) is 8.68. The summed E-state index contributed by atoms with van der Waals surface area (Å²) in [5.41, 5.74) is 2.25. The summed E-state index contributed by atoms with van der Waals surface area (Å²) in [4.78, 5) is 14.8. The Morgan fingerprint density at radius 3 is 2.66 bits per heavy atom. The van der Waals surface area contributed by atoms with Crippen LogP contribution in [0.1, 0.15) is 37.8 Å². The first-order valence-electron chi connectivity index (χ1n) is 10.5. The lowest BCUT2D eigenvalue weighted by Gasteiger charge is -2.32. The highest BCUT2D eigenvalue weighted by molar-refractivity contribution is 5.78. The molecule has 0 bridgehead atoms. The number of hydrogen-bond acceptors (Lipinski definition) is 4. The van der Waals surface area contributed by atoms with E-state index in [0.29, 0.717) is 5.75 Å². The van der Waals surface area contributed by atoms with Crippen molar-refractivity contribution in [1.82, 2.24) is 10.2 Å². The number of carbonyl (C=O) groups is 1. The van der Waals surface area contributed by atoms with Crippen molar-refractivity contribution in [3.63, 3.8) is 0 Å². The molecular formula is C24H30N2O3. The molecule has 0 aromatic heterocycles. The van der Waals surface area contributed by atoms with Gasteiger partial charge in [-0.2, -0.15) is 0 Å². The zero-order valence-electron chi connectivity index (χ0n) is 17.3. The smallest absolute Gasteiger partial charge is 0.258 e. The number of fused-ring (bicyclic) bond motifs is 1. The van der Waals surface area contributed by atoms with E-state index in [0.717, 1.165) is 50.2 Å². The van der Waals surface area contributed by atoms with Crippen LogP contribution in [0.3, 0.4) is 0 Å². The van der Waals surface area contributed by atoms with Crippen molar-refractivity contribution in [3.05, 3.63) is 59.7 Å². The molecule has 0 spiro atoms. The number of nitrogens with one attached hydrogen (secondary N) is 1. The van der Waals surface area contributed by atoms with Gasteiger partial charge in [-0.3, -0.25) is 9.69 Å². The second-order valence-electron chi connectivity index (χ2n) is 8.68. The standard InChI is InChI=1S/C24H30N2O3/c1-24(2)15-19-9-6-10-21(23(19)29-24)28-17-22(27)25-20-11-13-26(14-12-20)16-18-7-4-3-5-8-18/h3-10,20H,11-17H2,1-2H3,(H,25,27). The second kappa shape index (κ2) is 8.46. The number of likely N-dealkylation sites (tertiary alicyclic amines) is 1. The maximum absolute atomic E-state index is 12.4. The Morgan fingerprint density at radius 1 is 1.14 bits per heavy atom. The first kappa shape index (κ1) is 19.8. The van der Waals surface area contributed by atoms with E-state index in [9.17, 15) is 4.79 Å². The van der Waals surface area contributed by atoms with Crippen LogP contribution in [-0.4, -0.2) is 42.1 Å². The topological polar surface area (TPSA) is 50.8 Å². The van der Waals surface area contributed by atoms with E-state index < -0.39 is 0 Å². The van der Waals surface area contributed by atoms with Gasteiger partial charge < -0.3 is 14.8 Å². The van der Waals surface area contributed by atoms with Crippen LogP contribution in [0.4, 0.5) is 0 Å². The molecule has 2 aliphatic heterocycles. The Kier molecular flexibility index (Phi) is 5.76. The Morgan fingerprint density at radius 2 is 1.90 bits per heavy atom. The zero-order valence-corrected chi connectivity index (χ0v) is 17.3. The van der Waals surface area contributed by atoms with Crippen molar-refractivity contribution in [2.75, 3.05) is 19.7 Å². The third kappa shape index (κ3) is 5.10. The van der Waals surface area contributed by atoms with E-state index in [1.165, 1.54) is 5.56 Å². The van der Waals surface area contributed by atoms with Crippen molar-refractivity contribution in [1.29, 1.82) is 0 Å². The van der Waals surface area contributed by atoms with Gasteiger partial charge >= 0.3 is 0 Å². The summed E-state index contributed by atoms with van der Waals surface area (Å²) in [5, 5.41) is 3.13. The Balaban J connectivity index is 1.22. The summed E-state index contributed by atoms with van der Waals surface area (Å²) < 4.78 is 11.8. The highest BCUT2D eigenvalue weighted by Gasteiger charge is 2.32. The normalized spacial score (nSPS) is 18.7. The summed E-state index contributed by atoms with van der Waals surface area (Å²) in [7, 11) is 0. The highest BCUT2D eigenvalue weighted by atomic mass is 16.5. The molecule has 0 radical (unpaired) electrons. The van der Waals surface area contributed by atoms with Crippen molar-refractivity contribution >= 4 is 5.91 Å². The summed E-state index contributed by atoms with van der Waals surface area (Å²) in [6.07, 6.45) is 2.79. The first-order valence-corrected chi connectivity index (χ1v) is 10.5. The number of para-hydroxylation sites is 1. The summed E-state index contributed by atoms with van der Waals surface area (Å²) >= 11 is 0. The van der Waals surface area contributed by atoms with E-state index in [1.54, 1.807) is 0 Å². The van der Waals surface area contributed by atoms with Gasteiger partial charge in [-0.15, -0.1) is 0 Å². The van der Waals surface area contributed by atoms with Crippen LogP contribution in [0, 0.1) is 0 Å². The molecule has 2 aromatic rings. The number of rotatable bonds is 6. The number of nitrogens with zero attached hydrogens (tertiary/aromatic N) is 1. The molecule has 1 fully saturated rings. The monoisotopic (exact) mass is 394 g/mol. The Labute approximate surface area is 173 Å². The first-order chi connectivity index (χ1) is 14.0. The fourth-order valence-electron chi connectivity index (χ4n) is 4.19. The molecule has 0 atom stereocenters. The lowest BCUT2D eigenvalue weighted by molar-refractivity contribution is -0.124. The van der Waals surface area contributed by atoms with E-state index in [-0.39, 0.29) is 24.2 Å². The van der Waals surface area contributed by atoms with Gasteiger partial charge in [0.05, 0.1) is 0 Å². The summed E-state index contributed by atoms with van der Waals surface area (Å²) in [6, 6.07) is 16.6. The van der Waals surface area contributed by atoms with Crippen LogP contribution < -0.4 is 14.8 Å². The molecule has 0 unspecified atom stereocenters. The maximum Gasteiger partial charge on any atom is 0.258 e. The van der Waals surface area contributed by atoms with E-state index in [4.69, 9.17) is 9.47 Å². The van der Waals surface area contributed by atoms with Crippen molar-refractivity contribution < 1.29 is 14.3 Å². The molecular weight excluding hydrogens is 364 g/mol. The van der Waals surface area contributed by atoms with Crippen molar-refractivity contribution in [2.24, 2.45) is 0 Å². The van der Waals surface area contributed by atoms with Gasteiger partial charge in [0.15, 0.2) is 18.1 Å². The quantitative estimate of drug-likeness (QED) is 0.814. The van der Waals surface area contributed by atoms with Crippen LogP contribution in [0.5, 0.6) is 11.5 Å². The zero-order chi connectivity index (χ0) is 20.3. The maximum atomic E-state index is 12.4. The van der Waals surface area contributed by atoms with Crippen LogP contribution in [0.25, 0.3) is 0 Å². The van der Waals surface area contributed by atoms with Gasteiger partial charge in [-0.25, -0.2) is 0 Å². The lowest BCUT2D eigenvalue weighted by Crippen LogP contribution is -2.45. The molecule has 1 saturated heterocycles. The SMILES string of the molecule is CC1(C)Cc2cccc(OCC(=O)NC3CCN(Cc4ccccc4)CC3)c2O1. The predicted molar refractivity (Wildman–Crippen MR) is 113 cm³/mol. The molecule has 1 amide bonds. The van der Waals surface area contributed by atoms with Gasteiger partial charge in [-0.1, -0.05) is 42.5 Å². The van der Waals surface area contributed by atoms with Gasteiger partial charge in [0.2, 0.25) is 0 Å². The predicted octanol–water partition coefficient (Wildman–Crippen LogP) is 3.56. The molecule has 0 aliphatic carbocycles. The van der Waals surface area contributed by atoms with E-state index in [2.05, 4.69) is 54.4 Å². The molecule has 2 heterocycles. The van der Waals surface area contributed by atoms with E-state index in [1.807, 2.05) is 18.2 Å². The average molecular weight is 395 g/mol. The van der Waals surface area contributed by atoms with Crippen LogP contribution in [0.2, 0.25) is 0 Å². The van der Waals surface area contributed by atoms with Gasteiger partial charge in [0, 0.05) is 37.7 Å². The fraction of sp³-hybridized carbons (Fsp3) is 0.458. The number of ether oxygens (including phenoxy) is 2. The number of benzene rings is 2. The van der Waals surface area contributed by atoms with Gasteiger partial charge in [-0.05, 0) is 38.3 Å². The Bertz CT molecular complexity index is 842. The molecule has 2 aliphatic rings. The van der Waals surface area contributed by atoms with Gasteiger partial charge in [0.25, 0.3) is 5.91 Å². The largest absolute Gasteiger partial charge is 0.483 e. The van der Waals surface area contributed by atoms with E-state index >= 15 is 0 Å². The summed E-state index contributed by atoms with van der Waals surface area (Å²) in [6.45, 7) is 7.11. The van der Waals surface area contributed by atoms with Crippen LogP contribution in [0.15, 0.2) is 48.5 Å². The minimum atomic E-state index is -0.224. The molecule has 154 valence electrons. The minimum absolute atomic E-state index is 0.0183. The fourth-order valence-corrected chi connectivity index (χ4v) is 4.19. The molecule has 2 aromatic carbocycles. The number of amides is 1. The number of piperidine rings is 1. The highest BCUT2D eigenvalue weighted by Crippen LogP contribution is 2.41. The average Bonchev–Trinajstić information content (AvgIpc) is 3.03. The number of hydrogen-bond donors (Lipinski definition) is 1. The van der Waals surface area contributed by atoms with Crippen molar-refractivity contribution in [3.8, 4) is 11.5 Å². The Hall–Kier alpha value is -2.53. The molecule has 4 rings (SSSR count). The molecule has 29 heavy (non-hydrogen) atoms. The lowest BCUT2D eigenvalue weighted by atomic mass is 10.0. The third-order valence-electron chi connectivity index (χ3n) is 5.62. The molecule has 0 saturated carbocycles. The molecule has 1 N–H and O–H groups in total. The molecule has 5 heteroatoms. The summed E-state index contributed by atoms with van der Waals surface area (Å²) in [5.74, 6) is 1.36. The number of carbonyl (C=O) groups excluding carboxylic acids is 1. The molecule has 5 nitrogen and oxygen atoms in total. The van der Waals surface area contributed by atoms with Crippen LogP contribution >= 0.6 is 0 Å². The minimum Gasteiger partial charge on any atom is -0.483 e. The third-order valence-corrected chi connectivity index (χ3v) is 5.62. The van der Waals surface area contributed by atoms with Gasteiger partial charge in [0.1, 0.15) is 5.60 Å². The van der Waals surface area contributed by atoms with Crippen molar-refractivity contribution in [2.45, 2.75) is 51.3 Å².